The van der Waals surface area contributed by atoms with Crippen molar-refractivity contribution >= 4 is 17.3 Å². The van der Waals surface area contributed by atoms with Gasteiger partial charge in [0.05, 0.1) is 5.69 Å². The first-order valence-corrected chi connectivity index (χ1v) is 5.35. The molecule has 0 amide bonds. The second kappa shape index (κ2) is 4.91. The SMILES string of the molecule is CN(C)c1cc(N(C)C)c(C#N)c(N(C)C)n1. The Labute approximate surface area is 103 Å². The zero-order valence-electron chi connectivity index (χ0n) is 11.3. The van der Waals surface area contributed by atoms with Gasteiger partial charge in [0.2, 0.25) is 0 Å². The van der Waals surface area contributed by atoms with Gasteiger partial charge in [-0.25, -0.2) is 4.98 Å². The summed E-state index contributed by atoms with van der Waals surface area (Å²) in [5.74, 6) is 1.54. The molecule has 0 saturated carbocycles. The summed E-state index contributed by atoms with van der Waals surface area (Å²) in [7, 11) is 11.5. The van der Waals surface area contributed by atoms with E-state index in [1.165, 1.54) is 0 Å². The van der Waals surface area contributed by atoms with Crippen molar-refractivity contribution < 1.29 is 0 Å². The third-order valence-corrected chi connectivity index (χ3v) is 2.44. The molecule has 0 fully saturated rings. The van der Waals surface area contributed by atoms with E-state index in [0.29, 0.717) is 11.4 Å². The number of rotatable bonds is 3. The van der Waals surface area contributed by atoms with Crippen molar-refractivity contribution in [1.29, 1.82) is 5.26 Å². The van der Waals surface area contributed by atoms with E-state index in [4.69, 9.17) is 0 Å². The molecule has 92 valence electrons. The van der Waals surface area contributed by atoms with Crippen LogP contribution in [0.15, 0.2) is 6.07 Å². The number of pyridine rings is 1. The van der Waals surface area contributed by atoms with Gasteiger partial charge < -0.3 is 14.7 Å². The largest absolute Gasteiger partial charge is 0.376 e. The van der Waals surface area contributed by atoms with E-state index < -0.39 is 0 Å². The van der Waals surface area contributed by atoms with Gasteiger partial charge in [-0.1, -0.05) is 0 Å². The van der Waals surface area contributed by atoms with E-state index in [1.807, 2.05) is 63.1 Å². The molecular formula is C12H19N5. The Morgan fingerprint density at radius 1 is 1.00 bits per heavy atom. The molecule has 1 rings (SSSR count). The smallest absolute Gasteiger partial charge is 0.150 e. The highest BCUT2D eigenvalue weighted by Crippen LogP contribution is 2.29. The van der Waals surface area contributed by atoms with Crippen molar-refractivity contribution in [2.45, 2.75) is 0 Å². The number of anilines is 3. The fraction of sp³-hybridized carbons (Fsp3) is 0.500. The first-order chi connectivity index (χ1) is 7.88. The normalized spacial score (nSPS) is 9.71. The Morgan fingerprint density at radius 3 is 1.94 bits per heavy atom. The third kappa shape index (κ3) is 2.59. The maximum atomic E-state index is 9.27. The molecule has 0 aliphatic rings. The average Bonchev–Trinajstić information content (AvgIpc) is 2.26. The second-order valence-corrected chi connectivity index (χ2v) is 4.49. The summed E-state index contributed by atoms with van der Waals surface area (Å²) in [6.45, 7) is 0. The molecule has 0 bridgehead atoms. The Bertz CT molecular complexity index is 414. The number of nitriles is 1. The highest BCUT2D eigenvalue weighted by Gasteiger charge is 2.16. The first-order valence-electron chi connectivity index (χ1n) is 5.35. The van der Waals surface area contributed by atoms with E-state index in [-0.39, 0.29) is 0 Å². The van der Waals surface area contributed by atoms with Gasteiger partial charge in [0, 0.05) is 48.4 Å². The predicted octanol–water partition coefficient (Wildman–Crippen LogP) is 1.15. The van der Waals surface area contributed by atoms with E-state index in [2.05, 4.69) is 11.1 Å². The number of nitrogens with zero attached hydrogens (tertiary/aromatic N) is 5. The summed E-state index contributed by atoms with van der Waals surface area (Å²) in [5, 5.41) is 9.27. The molecule has 0 radical (unpaired) electrons. The first kappa shape index (κ1) is 13.1. The molecule has 1 aromatic heterocycles. The molecule has 0 aromatic carbocycles. The monoisotopic (exact) mass is 233 g/mol. The molecule has 5 heteroatoms. The molecule has 0 aliphatic heterocycles. The Morgan fingerprint density at radius 2 is 1.59 bits per heavy atom. The van der Waals surface area contributed by atoms with E-state index >= 15 is 0 Å². The van der Waals surface area contributed by atoms with Crippen molar-refractivity contribution in [1.82, 2.24) is 4.98 Å². The fourth-order valence-corrected chi connectivity index (χ4v) is 1.52. The molecular weight excluding hydrogens is 214 g/mol. The van der Waals surface area contributed by atoms with Crippen LogP contribution in [0, 0.1) is 11.3 Å². The van der Waals surface area contributed by atoms with Gasteiger partial charge in [0.15, 0.2) is 5.82 Å². The zero-order valence-corrected chi connectivity index (χ0v) is 11.3. The fourth-order valence-electron chi connectivity index (χ4n) is 1.52. The van der Waals surface area contributed by atoms with Crippen LogP contribution in [-0.2, 0) is 0 Å². The highest BCUT2D eigenvalue weighted by atomic mass is 15.2. The number of hydrogen-bond donors (Lipinski definition) is 0. The molecule has 1 heterocycles. The van der Waals surface area contributed by atoms with Gasteiger partial charge in [0.1, 0.15) is 17.5 Å². The minimum absolute atomic E-state index is 0.602. The van der Waals surface area contributed by atoms with Crippen LogP contribution < -0.4 is 14.7 Å². The average molecular weight is 233 g/mol. The molecule has 0 unspecified atom stereocenters. The van der Waals surface area contributed by atoms with Crippen LogP contribution in [0.3, 0.4) is 0 Å². The molecule has 0 spiro atoms. The van der Waals surface area contributed by atoms with Gasteiger partial charge >= 0.3 is 0 Å². The predicted molar refractivity (Wildman–Crippen MR) is 71.9 cm³/mol. The van der Waals surface area contributed by atoms with Crippen molar-refractivity contribution in [2.75, 3.05) is 57.0 Å². The van der Waals surface area contributed by atoms with Gasteiger partial charge in [-0.15, -0.1) is 0 Å². The van der Waals surface area contributed by atoms with Crippen LogP contribution in [0.4, 0.5) is 17.3 Å². The molecule has 1 aromatic rings. The van der Waals surface area contributed by atoms with E-state index in [1.54, 1.807) is 0 Å². The lowest BCUT2D eigenvalue weighted by atomic mass is 10.2. The summed E-state index contributed by atoms with van der Waals surface area (Å²) in [4.78, 5) is 10.2. The lowest BCUT2D eigenvalue weighted by Gasteiger charge is -2.23. The van der Waals surface area contributed by atoms with Gasteiger partial charge in [-0.3, -0.25) is 0 Å². The van der Waals surface area contributed by atoms with Gasteiger partial charge in [-0.2, -0.15) is 5.26 Å². The summed E-state index contributed by atoms with van der Waals surface area (Å²) < 4.78 is 0. The summed E-state index contributed by atoms with van der Waals surface area (Å²) >= 11 is 0. The van der Waals surface area contributed by atoms with Gasteiger partial charge in [-0.05, 0) is 0 Å². The molecule has 5 nitrogen and oxygen atoms in total. The van der Waals surface area contributed by atoms with Gasteiger partial charge in [0.25, 0.3) is 0 Å². The Hall–Kier alpha value is -1.96. The molecule has 0 saturated heterocycles. The van der Waals surface area contributed by atoms with Crippen LogP contribution in [0.5, 0.6) is 0 Å². The van der Waals surface area contributed by atoms with E-state index in [0.717, 1.165) is 11.5 Å². The van der Waals surface area contributed by atoms with Crippen molar-refractivity contribution in [2.24, 2.45) is 0 Å². The molecule has 0 N–H and O–H groups in total. The molecule has 0 atom stereocenters. The zero-order chi connectivity index (χ0) is 13.2. The standard InChI is InChI=1S/C12H19N5/c1-15(2)10-7-11(16(3)4)14-12(17(5)6)9(10)8-13/h7H,1-6H3. The minimum atomic E-state index is 0.602. The summed E-state index contributed by atoms with van der Waals surface area (Å²) in [6, 6.07) is 4.15. The van der Waals surface area contributed by atoms with Crippen molar-refractivity contribution in [3.8, 4) is 6.07 Å². The van der Waals surface area contributed by atoms with Crippen molar-refractivity contribution in [3.05, 3.63) is 11.6 Å². The molecule has 0 aliphatic carbocycles. The number of aromatic nitrogens is 1. The minimum Gasteiger partial charge on any atom is -0.376 e. The van der Waals surface area contributed by atoms with Crippen LogP contribution in [0.25, 0.3) is 0 Å². The summed E-state index contributed by atoms with van der Waals surface area (Å²) in [6.07, 6.45) is 0. The van der Waals surface area contributed by atoms with E-state index in [9.17, 15) is 5.26 Å². The summed E-state index contributed by atoms with van der Waals surface area (Å²) in [5.41, 5.74) is 1.49. The maximum Gasteiger partial charge on any atom is 0.150 e. The lowest BCUT2D eigenvalue weighted by molar-refractivity contribution is 1.00. The highest BCUT2D eigenvalue weighted by molar-refractivity contribution is 5.73. The van der Waals surface area contributed by atoms with Crippen LogP contribution in [0.1, 0.15) is 5.56 Å². The topological polar surface area (TPSA) is 46.4 Å². The lowest BCUT2D eigenvalue weighted by Crippen LogP contribution is -2.20. The van der Waals surface area contributed by atoms with Crippen LogP contribution in [-0.4, -0.2) is 47.3 Å². The van der Waals surface area contributed by atoms with Crippen LogP contribution in [0.2, 0.25) is 0 Å². The number of hydrogen-bond acceptors (Lipinski definition) is 5. The maximum absolute atomic E-state index is 9.27. The second-order valence-electron chi connectivity index (χ2n) is 4.49. The Kier molecular flexibility index (Phi) is 3.79. The Balaban J connectivity index is 3.53. The third-order valence-electron chi connectivity index (χ3n) is 2.44. The quantitative estimate of drug-likeness (QED) is 0.783. The molecule has 17 heavy (non-hydrogen) atoms. The van der Waals surface area contributed by atoms with Crippen LogP contribution >= 0.6 is 0 Å². The van der Waals surface area contributed by atoms with Crippen molar-refractivity contribution in [3.63, 3.8) is 0 Å².